The summed E-state index contributed by atoms with van der Waals surface area (Å²) in [7, 11) is 1.44. The predicted molar refractivity (Wildman–Crippen MR) is 70.7 cm³/mol. The Labute approximate surface area is 110 Å². The number of carbonyl (C=O) groups is 1. The third-order valence-electron chi connectivity index (χ3n) is 2.53. The van der Waals surface area contributed by atoms with E-state index in [1.54, 1.807) is 24.3 Å². The molecule has 1 amide bonds. The van der Waals surface area contributed by atoms with Gasteiger partial charge in [0.15, 0.2) is 0 Å². The van der Waals surface area contributed by atoms with Crippen LogP contribution in [0.1, 0.15) is 10.4 Å². The third kappa shape index (κ3) is 3.01. The Bertz CT molecular complexity index is 597. The van der Waals surface area contributed by atoms with Gasteiger partial charge in [-0.15, -0.1) is 0 Å². The molecule has 0 heterocycles. The first-order valence-corrected chi connectivity index (χ1v) is 5.65. The molecule has 98 valence electrons. The molecule has 2 aromatic carbocycles. The quantitative estimate of drug-likeness (QED) is 0.833. The highest BCUT2D eigenvalue weighted by atomic mass is 19.1. The molecule has 0 bridgehead atoms. The van der Waals surface area contributed by atoms with Crippen LogP contribution in [0.3, 0.4) is 0 Å². The number of hydrogen-bond donors (Lipinski definition) is 2. The molecule has 0 fully saturated rings. The molecule has 5 heteroatoms. The van der Waals surface area contributed by atoms with Crippen LogP contribution in [0.25, 0.3) is 0 Å². The molecule has 4 nitrogen and oxygen atoms in total. The van der Waals surface area contributed by atoms with E-state index in [2.05, 4.69) is 5.32 Å². The van der Waals surface area contributed by atoms with Crippen LogP contribution in [-0.4, -0.2) is 13.0 Å². The first-order chi connectivity index (χ1) is 9.10. The summed E-state index contributed by atoms with van der Waals surface area (Å²) in [5.74, 6) is -0.155. The van der Waals surface area contributed by atoms with Crippen LogP contribution in [-0.2, 0) is 0 Å². The molecule has 0 unspecified atom stereocenters. The van der Waals surface area contributed by atoms with Gasteiger partial charge in [0.05, 0.1) is 5.56 Å². The van der Waals surface area contributed by atoms with Crippen LogP contribution in [0.2, 0.25) is 0 Å². The number of carbonyl (C=O) groups excluding carboxylic acids is 1. The predicted octanol–water partition coefficient (Wildman–Crippen LogP) is 2.56. The van der Waals surface area contributed by atoms with Crippen molar-refractivity contribution in [1.82, 2.24) is 5.32 Å². The molecular weight excluding hydrogens is 247 g/mol. The van der Waals surface area contributed by atoms with Gasteiger partial charge in [-0.3, -0.25) is 4.79 Å². The van der Waals surface area contributed by atoms with Gasteiger partial charge in [-0.05, 0) is 42.5 Å². The number of benzene rings is 2. The van der Waals surface area contributed by atoms with Gasteiger partial charge in [0.2, 0.25) is 0 Å². The molecule has 0 aliphatic carbocycles. The Kier molecular flexibility index (Phi) is 3.66. The highest BCUT2D eigenvalue weighted by Gasteiger charge is 2.11. The lowest BCUT2D eigenvalue weighted by atomic mass is 10.2. The Morgan fingerprint density at radius 2 is 1.79 bits per heavy atom. The van der Waals surface area contributed by atoms with Crippen LogP contribution in [0.5, 0.6) is 11.5 Å². The minimum absolute atomic E-state index is 0.0598. The van der Waals surface area contributed by atoms with Gasteiger partial charge in [0.1, 0.15) is 17.3 Å². The Morgan fingerprint density at radius 3 is 2.42 bits per heavy atom. The molecule has 2 aromatic rings. The number of nitrogens with one attached hydrogen (secondary N) is 1. The van der Waals surface area contributed by atoms with Gasteiger partial charge < -0.3 is 15.8 Å². The molecule has 0 aliphatic rings. The molecule has 0 aliphatic heterocycles. The highest BCUT2D eigenvalue weighted by molar-refractivity contribution is 5.94. The van der Waals surface area contributed by atoms with E-state index in [0.29, 0.717) is 17.2 Å². The van der Waals surface area contributed by atoms with Gasteiger partial charge in [-0.2, -0.15) is 0 Å². The second-order valence-electron chi connectivity index (χ2n) is 3.89. The molecule has 0 aromatic heterocycles. The van der Waals surface area contributed by atoms with Gasteiger partial charge in [-0.25, -0.2) is 4.39 Å². The highest BCUT2D eigenvalue weighted by Crippen LogP contribution is 2.24. The Morgan fingerprint density at radius 1 is 1.16 bits per heavy atom. The van der Waals surface area contributed by atoms with Gasteiger partial charge >= 0.3 is 0 Å². The fourth-order valence-electron chi connectivity index (χ4n) is 1.55. The summed E-state index contributed by atoms with van der Waals surface area (Å²) in [5.41, 5.74) is 6.13. The van der Waals surface area contributed by atoms with Crippen molar-refractivity contribution in [3.05, 3.63) is 53.8 Å². The lowest BCUT2D eigenvalue weighted by Gasteiger charge is -2.08. The van der Waals surface area contributed by atoms with Crippen LogP contribution in [0.4, 0.5) is 10.1 Å². The van der Waals surface area contributed by atoms with Crippen molar-refractivity contribution in [3.8, 4) is 11.5 Å². The van der Waals surface area contributed by atoms with Crippen molar-refractivity contribution in [2.24, 2.45) is 0 Å². The summed E-state index contributed by atoms with van der Waals surface area (Å²) >= 11 is 0. The summed E-state index contributed by atoms with van der Waals surface area (Å²) in [5, 5.41) is 2.37. The number of halogens is 1. The molecule has 0 radical (unpaired) electrons. The van der Waals surface area contributed by atoms with Crippen LogP contribution in [0, 0.1) is 5.82 Å². The van der Waals surface area contributed by atoms with Crippen LogP contribution >= 0.6 is 0 Å². The molecule has 0 atom stereocenters. The number of nitrogens with two attached hydrogens (primary N) is 1. The van der Waals surface area contributed by atoms with Crippen molar-refractivity contribution in [3.63, 3.8) is 0 Å². The molecule has 0 spiro atoms. The van der Waals surface area contributed by atoms with Crippen molar-refractivity contribution in [2.45, 2.75) is 0 Å². The second-order valence-corrected chi connectivity index (χ2v) is 3.89. The number of rotatable bonds is 3. The normalized spacial score (nSPS) is 10.0. The van der Waals surface area contributed by atoms with Gasteiger partial charge in [-0.1, -0.05) is 0 Å². The van der Waals surface area contributed by atoms with E-state index in [9.17, 15) is 9.18 Å². The van der Waals surface area contributed by atoms with Crippen molar-refractivity contribution >= 4 is 11.6 Å². The number of hydrogen-bond acceptors (Lipinski definition) is 3. The Hall–Kier alpha value is -2.56. The van der Waals surface area contributed by atoms with Crippen LogP contribution in [0.15, 0.2) is 42.5 Å². The topological polar surface area (TPSA) is 64.3 Å². The standard InChI is InChI=1S/C14H13FN2O2/c1-17-14(18)12-8-11(6-7-13(12)15)19-10-4-2-9(16)3-5-10/h2-8H,16H2,1H3,(H,17,18). The molecule has 0 saturated carbocycles. The van der Waals surface area contributed by atoms with Crippen LogP contribution < -0.4 is 15.8 Å². The molecule has 3 N–H and O–H groups in total. The van der Waals surface area contributed by atoms with Gasteiger partial charge in [0.25, 0.3) is 5.91 Å². The maximum Gasteiger partial charge on any atom is 0.254 e. The fourth-order valence-corrected chi connectivity index (χ4v) is 1.55. The van der Waals surface area contributed by atoms with E-state index in [1.807, 2.05) is 0 Å². The number of ether oxygens (including phenoxy) is 1. The summed E-state index contributed by atoms with van der Waals surface area (Å²) in [4.78, 5) is 11.5. The van der Waals surface area contributed by atoms with E-state index in [1.165, 1.54) is 25.2 Å². The number of amides is 1. The second kappa shape index (κ2) is 5.39. The van der Waals surface area contributed by atoms with E-state index in [-0.39, 0.29) is 5.56 Å². The van der Waals surface area contributed by atoms with Crippen molar-refractivity contribution < 1.29 is 13.9 Å². The SMILES string of the molecule is CNC(=O)c1cc(Oc2ccc(N)cc2)ccc1F. The third-order valence-corrected chi connectivity index (χ3v) is 2.53. The summed E-state index contributed by atoms with van der Waals surface area (Å²) in [6.07, 6.45) is 0. The lowest BCUT2D eigenvalue weighted by molar-refractivity contribution is 0.0958. The van der Waals surface area contributed by atoms with E-state index >= 15 is 0 Å². The average molecular weight is 260 g/mol. The maximum absolute atomic E-state index is 13.5. The molecule has 0 saturated heterocycles. The number of nitrogen functional groups attached to an aromatic ring is 1. The average Bonchev–Trinajstić information content (AvgIpc) is 2.42. The van der Waals surface area contributed by atoms with E-state index < -0.39 is 11.7 Å². The first kappa shape index (κ1) is 12.9. The minimum atomic E-state index is -0.594. The first-order valence-electron chi connectivity index (χ1n) is 5.65. The zero-order chi connectivity index (χ0) is 13.8. The van der Waals surface area contributed by atoms with Gasteiger partial charge in [0, 0.05) is 12.7 Å². The summed E-state index contributed by atoms with van der Waals surface area (Å²) in [6, 6.07) is 10.8. The molecule has 2 rings (SSSR count). The molecular formula is C14H13FN2O2. The smallest absolute Gasteiger partial charge is 0.254 e. The zero-order valence-corrected chi connectivity index (χ0v) is 10.3. The monoisotopic (exact) mass is 260 g/mol. The Balaban J connectivity index is 2.26. The molecule has 19 heavy (non-hydrogen) atoms. The summed E-state index contributed by atoms with van der Waals surface area (Å²) in [6.45, 7) is 0. The maximum atomic E-state index is 13.5. The van der Waals surface area contributed by atoms with E-state index in [0.717, 1.165) is 0 Å². The number of anilines is 1. The minimum Gasteiger partial charge on any atom is -0.457 e. The zero-order valence-electron chi connectivity index (χ0n) is 10.3. The summed E-state index contributed by atoms with van der Waals surface area (Å²) < 4.78 is 19.0. The lowest BCUT2D eigenvalue weighted by Crippen LogP contribution is -2.19. The fraction of sp³-hybridized carbons (Fsp3) is 0.0714. The largest absolute Gasteiger partial charge is 0.457 e. The van der Waals surface area contributed by atoms with Crippen molar-refractivity contribution in [1.29, 1.82) is 0 Å². The van der Waals surface area contributed by atoms with Crippen molar-refractivity contribution in [2.75, 3.05) is 12.8 Å². The van der Waals surface area contributed by atoms with E-state index in [4.69, 9.17) is 10.5 Å².